The van der Waals surface area contributed by atoms with E-state index in [2.05, 4.69) is 59.2 Å². The fourth-order valence-electron chi connectivity index (χ4n) is 3.44. The molecule has 0 radical (unpaired) electrons. The smallest absolute Gasteiger partial charge is 0.139 e. The number of ether oxygens (including phenoxy) is 1. The summed E-state index contributed by atoms with van der Waals surface area (Å²) in [5.74, 6) is 1.11. The van der Waals surface area contributed by atoms with Gasteiger partial charge >= 0.3 is 0 Å². The van der Waals surface area contributed by atoms with Crippen molar-refractivity contribution in [1.29, 1.82) is 0 Å². The number of aryl methyl sites for hydroxylation is 2. The molecule has 0 N–H and O–H groups in total. The highest BCUT2D eigenvalue weighted by Gasteiger charge is 2.24. The minimum Gasteiger partial charge on any atom is -0.370 e. The van der Waals surface area contributed by atoms with Gasteiger partial charge in [-0.25, -0.2) is 4.98 Å². The fourth-order valence-corrected chi connectivity index (χ4v) is 3.44. The summed E-state index contributed by atoms with van der Waals surface area (Å²) in [7, 11) is 0. The highest BCUT2D eigenvalue weighted by Crippen LogP contribution is 2.30. The summed E-state index contributed by atoms with van der Waals surface area (Å²) in [6.45, 7) is 1.85. The van der Waals surface area contributed by atoms with Crippen LogP contribution in [-0.2, 0) is 17.7 Å². The largest absolute Gasteiger partial charge is 0.370 e. The number of aromatic nitrogens is 2. The van der Waals surface area contributed by atoms with E-state index in [4.69, 9.17) is 9.72 Å². The molecule has 1 atom stereocenters. The molecular formula is C20H22N2O. The molecule has 2 aromatic carbocycles. The lowest BCUT2D eigenvalue weighted by atomic mass is 10.1. The molecule has 118 valence electrons. The highest BCUT2D eigenvalue weighted by atomic mass is 16.5. The van der Waals surface area contributed by atoms with Gasteiger partial charge in [-0.05, 0) is 43.4 Å². The van der Waals surface area contributed by atoms with Gasteiger partial charge in [-0.1, -0.05) is 42.5 Å². The predicted octanol–water partition coefficient (Wildman–Crippen LogP) is 4.52. The number of hydrogen-bond donors (Lipinski definition) is 0. The number of hydrogen-bond acceptors (Lipinski definition) is 2. The quantitative estimate of drug-likeness (QED) is 0.693. The van der Waals surface area contributed by atoms with Crippen LogP contribution in [0.3, 0.4) is 0 Å². The fraction of sp³-hybridized carbons (Fsp3) is 0.350. The Bertz CT molecular complexity index is 773. The van der Waals surface area contributed by atoms with Gasteiger partial charge in [0, 0.05) is 13.2 Å². The third-order valence-electron chi connectivity index (χ3n) is 4.59. The maximum absolute atomic E-state index is 5.89. The second-order valence-corrected chi connectivity index (χ2v) is 6.20. The van der Waals surface area contributed by atoms with E-state index >= 15 is 0 Å². The summed E-state index contributed by atoms with van der Waals surface area (Å²) in [5.41, 5.74) is 3.71. The molecule has 1 aromatic heterocycles. The van der Waals surface area contributed by atoms with Crippen LogP contribution < -0.4 is 0 Å². The molecule has 0 amide bonds. The van der Waals surface area contributed by atoms with E-state index in [-0.39, 0.29) is 6.10 Å². The Morgan fingerprint density at radius 3 is 2.70 bits per heavy atom. The molecule has 2 heterocycles. The van der Waals surface area contributed by atoms with Crippen molar-refractivity contribution in [2.75, 3.05) is 6.61 Å². The molecular weight excluding hydrogens is 284 g/mol. The molecule has 3 heteroatoms. The van der Waals surface area contributed by atoms with Crippen LogP contribution in [0.25, 0.3) is 11.0 Å². The highest BCUT2D eigenvalue weighted by molar-refractivity contribution is 5.76. The number of fused-ring (bicyclic) bond motifs is 1. The molecule has 1 saturated heterocycles. The number of rotatable bonds is 5. The van der Waals surface area contributed by atoms with E-state index in [1.165, 1.54) is 11.1 Å². The third-order valence-corrected chi connectivity index (χ3v) is 4.59. The van der Waals surface area contributed by atoms with E-state index in [0.29, 0.717) is 0 Å². The molecule has 4 rings (SSSR count). The van der Waals surface area contributed by atoms with Crippen LogP contribution in [0.5, 0.6) is 0 Å². The van der Waals surface area contributed by atoms with Crippen LogP contribution >= 0.6 is 0 Å². The lowest BCUT2D eigenvalue weighted by Gasteiger charge is -2.13. The van der Waals surface area contributed by atoms with Crippen LogP contribution in [0.4, 0.5) is 0 Å². The second-order valence-electron chi connectivity index (χ2n) is 6.20. The molecule has 1 unspecified atom stereocenters. The normalized spacial score (nSPS) is 17.8. The molecule has 3 aromatic rings. The Labute approximate surface area is 136 Å². The van der Waals surface area contributed by atoms with E-state index in [0.717, 1.165) is 50.2 Å². The van der Waals surface area contributed by atoms with Crippen molar-refractivity contribution >= 4 is 11.0 Å². The molecule has 0 aliphatic carbocycles. The monoisotopic (exact) mass is 306 g/mol. The number of para-hydroxylation sites is 2. The number of benzene rings is 2. The maximum atomic E-state index is 5.89. The molecule has 1 aliphatic rings. The first kappa shape index (κ1) is 14.5. The molecule has 1 aliphatic heterocycles. The van der Waals surface area contributed by atoms with Gasteiger partial charge in [0.25, 0.3) is 0 Å². The van der Waals surface area contributed by atoms with Gasteiger partial charge in [-0.3, -0.25) is 0 Å². The van der Waals surface area contributed by atoms with Crippen molar-refractivity contribution in [2.45, 2.75) is 38.3 Å². The first-order valence-electron chi connectivity index (χ1n) is 8.52. The van der Waals surface area contributed by atoms with E-state index in [9.17, 15) is 0 Å². The third kappa shape index (κ3) is 3.02. The SMILES string of the molecule is c1ccc(CCCn2c(C3CCCO3)nc3ccccc32)cc1. The average molecular weight is 306 g/mol. The van der Waals surface area contributed by atoms with Gasteiger partial charge in [0.15, 0.2) is 0 Å². The summed E-state index contributed by atoms with van der Waals surface area (Å²) < 4.78 is 8.26. The van der Waals surface area contributed by atoms with Crippen molar-refractivity contribution in [3.05, 3.63) is 66.0 Å². The Hall–Kier alpha value is -2.13. The first-order valence-corrected chi connectivity index (χ1v) is 8.52. The lowest BCUT2D eigenvalue weighted by Crippen LogP contribution is -2.09. The zero-order valence-corrected chi connectivity index (χ0v) is 13.3. The Morgan fingerprint density at radius 2 is 1.87 bits per heavy atom. The van der Waals surface area contributed by atoms with Crippen LogP contribution in [0.2, 0.25) is 0 Å². The van der Waals surface area contributed by atoms with Gasteiger partial charge in [0.2, 0.25) is 0 Å². The van der Waals surface area contributed by atoms with Crippen molar-refractivity contribution in [1.82, 2.24) is 9.55 Å². The van der Waals surface area contributed by atoms with Gasteiger partial charge < -0.3 is 9.30 Å². The summed E-state index contributed by atoms with van der Waals surface area (Å²) in [5, 5.41) is 0. The van der Waals surface area contributed by atoms with Crippen LogP contribution in [-0.4, -0.2) is 16.2 Å². The van der Waals surface area contributed by atoms with Crippen molar-refractivity contribution < 1.29 is 4.74 Å². The van der Waals surface area contributed by atoms with E-state index < -0.39 is 0 Å². The van der Waals surface area contributed by atoms with Crippen LogP contribution in [0.1, 0.15) is 36.8 Å². The minimum absolute atomic E-state index is 0.166. The molecule has 0 spiro atoms. The number of nitrogens with zero attached hydrogens (tertiary/aromatic N) is 2. The van der Waals surface area contributed by atoms with Gasteiger partial charge in [-0.2, -0.15) is 0 Å². The second kappa shape index (κ2) is 6.55. The Morgan fingerprint density at radius 1 is 1.04 bits per heavy atom. The zero-order valence-electron chi connectivity index (χ0n) is 13.3. The van der Waals surface area contributed by atoms with Crippen molar-refractivity contribution in [3.63, 3.8) is 0 Å². The van der Waals surface area contributed by atoms with E-state index in [1.54, 1.807) is 0 Å². The Balaban J connectivity index is 1.58. The topological polar surface area (TPSA) is 27.1 Å². The predicted molar refractivity (Wildman–Crippen MR) is 92.4 cm³/mol. The van der Waals surface area contributed by atoms with Gasteiger partial charge in [0.05, 0.1) is 11.0 Å². The van der Waals surface area contributed by atoms with Gasteiger partial charge in [-0.15, -0.1) is 0 Å². The maximum Gasteiger partial charge on any atom is 0.139 e. The minimum atomic E-state index is 0.166. The molecule has 23 heavy (non-hydrogen) atoms. The molecule has 0 saturated carbocycles. The molecule has 0 bridgehead atoms. The Kier molecular flexibility index (Phi) is 4.12. The summed E-state index contributed by atoms with van der Waals surface area (Å²) in [6, 6.07) is 19.1. The van der Waals surface area contributed by atoms with E-state index in [1.807, 2.05) is 0 Å². The first-order chi connectivity index (χ1) is 11.4. The molecule has 3 nitrogen and oxygen atoms in total. The van der Waals surface area contributed by atoms with Crippen molar-refractivity contribution in [3.8, 4) is 0 Å². The zero-order chi connectivity index (χ0) is 15.5. The van der Waals surface area contributed by atoms with Crippen LogP contribution in [0, 0.1) is 0 Å². The number of imidazole rings is 1. The average Bonchev–Trinajstić information content (AvgIpc) is 3.24. The summed E-state index contributed by atoms with van der Waals surface area (Å²) in [4.78, 5) is 4.86. The van der Waals surface area contributed by atoms with Crippen LogP contribution in [0.15, 0.2) is 54.6 Å². The summed E-state index contributed by atoms with van der Waals surface area (Å²) in [6.07, 6.45) is 4.60. The molecule has 1 fully saturated rings. The van der Waals surface area contributed by atoms with Gasteiger partial charge in [0.1, 0.15) is 11.9 Å². The summed E-state index contributed by atoms with van der Waals surface area (Å²) >= 11 is 0. The standard InChI is InChI=1S/C20H22N2O/c1-2-8-16(9-3-1)10-6-14-22-18-12-5-4-11-17(18)21-20(22)19-13-7-15-23-19/h1-5,8-9,11-12,19H,6-7,10,13-15H2. The van der Waals surface area contributed by atoms with Crippen molar-refractivity contribution in [2.24, 2.45) is 0 Å². The lowest BCUT2D eigenvalue weighted by molar-refractivity contribution is 0.102.